The molecule has 142 valence electrons. The molecule has 1 aromatic heterocycles. The smallest absolute Gasteiger partial charge is 0.337 e. The third-order valence-corrected chi connectivity index (χ3v) is 4.76. The Labute approximate surface area is 162 Å². The molecule has 3 rings (SSSR count). The van der Waals surface area contributed by atoms with E-state index in [9.17, 15) is 9.59 Å². The Morgan fingerprint density at radius 1 is 1.22 bits per heavy atom. The van der Waals surface area contributed by atoms with Gasteiger partial charge in [0.25, 0.3) is 0 Å². The number of nitrogens with zero attached hydrogens (tertiary/aromatic N) is 3. The number of carbonyl (C=O) groups is 2. The van der Waals surface area contributed by atoms with Crippen LogP contribution in [0.4, 0.5) is 10.5 Å². The maximum atomic E-state index is 12.4. The zero-order valence-electron chi connectivity index (χ0n) is 15.0. The van der Waals surface area contributed by atoms with E-state index in [-0.39, 0.29) is 6.03 Å². The van der Waals surface area contributed by atoms with Crippen LogP contribution in [0.5, 0.6) is 0 Å². The molecule has 0 bridgehead atoms. The minimum Gasteiger partial charge on any atom is -0.465 e. The van der Waals surface area contributed by atoms with E-state index in [2.05, 4.69) is 15.2 Å². The number of ether oxygens (including phenoxy) is 1. The molecule has 2 aromatic rings. The van der Waals surface area contributed by atoms with E-state index < -0.39 is 5.97 Å². The predicted molar refractivity (Wildman–Crippen MR) is 103 cm³/mol. The summed E-state index contributed by atoms with van der Waals surface area (Å²) < 4.78 is 4.76. The van der Waals surface area contributed by atoms with Gasteiger partial charge in [-0.15, -0.1) is 0 Å². The fourth-order valence-corrected chi connectivity index (χ4v) is 3.18. The molecule has 0 radical (unpaired) electrons. The van der Waals surface area contributed by atoms with Gasteiger partial charge in [-0.05, 0) is 29.8 Å². The number of nitrogens with one attached hydrogen (secondary N) is 1. The van der Waals surface area contributed by atoms with E-state index >= 15 is 0 Å². The number of benzene rings is 1. The molecule has 2 amide bonds. The number of methoxy groups -OCH3 is 1. The fourth-order valence-electron chi connectivity index (χ4n) is 2.94. The van der Waals surface area contributed by atoms with Crippen molar-refractivity contribution in [3.8, 4) is 0 Å². The third-order valence-electron chi connectivity index (χ3n) is 4.44. The van der Waals surface area contributed by atoms with Gasteiger partial charge in [-0.1, -0.05) is 17.7 Å². The summed E-state index contributed by atoms with van der Waals surface area (Å²) >= 11 is 6.30. The van der Waals surface area contributed by atoms with E-state index in [0.29, 0.717) is 43.3 Å². The van der Waals surface area contributed by atoms with Crippen molar-refractivity contribution in [2.75, 3.05) is 38.2 Å². The lowest BCUT2D eigenvalue weighted by molar-refractivity contribution is 0.0600. The van der Waals surface area contributed by atoms with Gasteiger partial charge >= 0.3 is 12.0 Å². The Balaban J connectivity index is 1.57. The number of anilines is 1. The maximum absolute atomic E-state index is 12.4. The van der Waals surface area contributed by atoms with Crippen molar-refractivity contribution in [3.05, 3.63) is 58.9 Å². The zero-order chi connectivity index (χ0) is 19.2. The van der Waals surface area contributed by atoms with Crippen LogP contribution < -0.4 is 10.2 Å². The minimum atomic E-state index is -0.402. The quantitative estimate of drug-likeness (QED) is 0.815. The van der Waals surface area contributed by atoms with E-state index in [4.69, 9.17) is 16.3 Å². The van der Waals surface area contributed by atoms with Crippen LogP contribution in [0.2, 0.25) is 5.02 Å². The number of piperazine rings is 1. The summed E-state index contributed by atoms with van der Waals surface area (Å²) in [4.78, 5) is 32.0. The number of pyridine rings is 1. The van der Waals surface area contributed by atoms with Gasteiger partial charge in [0, 0.05) is 45.1 Å². The Hall–Kier alpha value is -2.80. The molecule has 1 fully saturated rings. The fraction of sp³-hybridized carbons (Fsp3) is 0.316. The zero-order valence-corrected chi connectivity index (χ0v) is 15.8. The highest BCUT2D eigenvalue weighted by Crippen LogP contribution is 2.28. The van der Waals surface area contributed by atoms with E-state index in [0.717, 1.165) is 11.3 Å². The number of carbonyl (C=O) groups excluding carboxylic acids is 2. The van der Waals surface area contributed by atoms with Gasteiger partial charge < -0.3 is 19.9 Å². The Morgan fingerprint density at radius 3 is 2.67 bits per heavy atom. The van der Waals surface area contributed by atoms with Crippen LogP contribution in [0.15, 0.2) is 42.7 Å². The first kappa shape index (κ1) is 19.0. The minimum absolute atomic E-state index is 0.104. The molecule has 0 unspecified atom stereocenters. The lowest BCUT2D eigenvalue weighted by Gasteiger charge is -2.36. The summed E-state index contributed by atoms with van der Waals surface area (Å²) in [6.45, 7) is 2.84. The van der Waals surface area contributed by atoms with Crippen molar-refractivity contribution in [1.82, 2.24) is 15.2 Å². The number of urea groups is 1. The molecule has 2 heterocycles. The molecular formula is C19H21ClN4O3. The number of halogens is 1. The first-order valence-electron chi connectivity index (χ1n) is 8.63. The van der Waals surface area contributed by atoms with Crippen LogP contribution in [0.1, 0.15) is 15.9 Å². The van der Waals surface area contributed by atoms with Crippen molar-refractivity contribution in [2.45, 2.75) is 6.54 Å². The average Bonchev–Trinajstić information content (AvgIpc) is 2.72. The van der Waals surface area contributed by atoms with Crippen molar-refractivity contribution >= 4 is 29.3 Å². The molecule has 27 heavy (non-hydrogen) atoms. The number of amides is 2. The van der Waals surface area contributed by atoms with Crippen LogP contribution in [0.25, 0.3) is 0 Å². The van der Waals surface area contributed by atoms with Gasteiger partial charge in [0.2, 0.25) is 0 Å². The lowest BCUT2D eigenvalue weighted by Crippen LogP contribution is -2.51. The molecule has 1 aromatic carbocycles. The third kappa shape index (κ3) is 4.68. The van der Waals surface area contributed by atoms with Crippen molar-refractivity contribution in [3.63, 3.8) is 0 Å². The molecule has 1 N–H and O–H groups in total. The summed E-state index contributed by atoms with van der Waals surface area (Å²) in [5.41, 5.74) is 2.18. The highest BCUT2D eigenvalue weighted by atomic mass is 35.5. The SMILES string of the molecule is COC(=O)c1ccc(Cl)c(N2CCN(C(=O)NCc3cccnc3)CC2)c1. The normalized spacial score (nSPS) is 14.0. The molecule has 1 saturated heterocycles. The Kier molecular flexibility index (Phi) is 6.13. The number of esters is 1. The van der Waals surface area contributed by atoms with Crippen molar-refractivity contribution < 1.29 is 14.3 Å². The largest absolute Gasteiger partial charge is 0.465 e. The number of rotatable bonds is 4. The summed E-state index contributed by atoms with van der Waals surface area (Å²) in [5, 5.41) is 3.47. The van der Waals surface area contributed by atoms with Crippen LogP contribution in [-0.4, -0.2) is 55.2 Å². The molecule has 0 spiro atoms. The number of aromatic nitrogens is 1. The van der Waals surface area contributed by atoms with E-state index in [1.165, 1.54) is 7.11 Å². The monoisotopic (exact) mass is 388 g/mol. The molecular weight excluding hydrogens is 368 g/mol. The predicted octanol–water partition coefficient (Wildman–Crippen LogP) is 2.55. The van der Waals surface area contributed by atoms with Crippen LogP contribution >= 0.6 is 11.6 Å². The Bertz CT molecular complexity index is 808. The van der Waals surface area contributed by atoms with E-state index in [1.54, 1.807) is 35.5 Å². The standard InChI is InChI=1S/C19H21ClN4O3/c1-27-18(25)15-4-5-16(20)17(11-15)23-7-9-24(10-8-23)19(26)22-13-14-3-2-6-21-12-14/h2-6,11-12H,7-10,13H2,1H3,(H,22,26). The topological polar surface area (TPSA) is 74.8 Å². The second kappa shape index (κ2) is 8.73. The summed E-state index contributed by atoms with van der Waals surface area (Å²) in [6.07, 6.45) is 3.43. The first-order chi connectivity index (χ1) is 13.1. The van der Waals surface area contributed by atoms with Gasteiger partial charge in [0.15, 0.2) is 0 Å². The van der Waals surface area contributed by atoms with Gasteiger partial charge in [-0.25, -0.2) is 9.59 Å². The van der Waals surface area contributed by atoms with Crippen LogP contribution in [0.3, 0.4) is 0 Å². The highest BCUT2D eigenvalue weighted by molar-refractivity contribution is 6.33. The van der Waals surface area contributed by atoms with Crippen molar-refractivity contribution in [2.24, 2.45) is 0 Å². The molecule has 0 atom stereocenters. The number of hydrogen-bond donors (Lipinski definition) is 1. The van der Waals surface area contributed by atoms with Crippen molar-refractivity contribution in [1.29, 1.82) is 0 Å². The van der Waals surface area contributed by atoms with Crippen LogP contribution in [-0.2, 0) is 11.3 Å². The molecule has 8 heteroatoms. The second-order valence-corrected chi connectivity index (χ2v) is 6.56. The van der Waals surface area contributed by atoms with E-state index in [1.807, 2.05) is 12.1 Å². The molecule has 1 aliphatic heterocycles. The second-order valence-electron chi connectivity index (χ2n) is 6.15. The molecule has 7 nitrogen and oxygen atoms in total. The average molecular weight is 389 g/mol. The number of hydrogen-bond acceptors (Lipinski definition) is 5. The summed E-state index contributed by atoms with van der Waals surface area (Å²) in [6, 6.07) is 8.71. The Morgan fingerprint density at radius 2 is 2.00 bits per heavy atom. The molecule has 1 aliphatic rings. The highest BCUT2D eigenvalue weighted by Gasteiger charge is 2.23. The molecule has 0 aliphatic carbocycles. The summed E-state index contributed by atoms with van der Waals surface area (Å²) in [5.74, 6) is -0.402. The van der Waals surface area contributed by atoms with Gasteiger partial charge in [-0.3, -0.25) is 4.98 Å². The lowest BCUT2D eigenvalue weighted by atomic mass is 10.1. The first-order valence-corrected chi connectivity index (χ1v) is 9.01. The van der Waals surface area contributed by atoms with Gasteiger partial charge in [0.05, 0.1) is 23.4 Å². The van der Waals surface area contributed by atoms with Gasteiger partial charge in [0.1, 0.15) is 0 Å². The maximum Gasteiger partial charge on any atom is 0.337 e. The van der Waals surface area contributed by atoms with Crippen LogP contribution in [0, 0.1) is 0 Å². The molecule has 0 saturated carbocycles. The summed E-state index contributed by atoms with van der Waals surface area (Å²) in [7, 11) is 1.35. The van der Waals surface area contributed by atoms with Gasteiger partial charge in [-0.2, -0.15) is 0 Å².